The first-order valence-electron chi connectivity index (χ1n) is 21.1. The fourth-order valence-corrected chi connectivity index (χ4v) is 8.82. The van der Waals surface area contributed by atoms with E-state index < -0.39 is 65.6 Å². The van der Waals surface area contributed by atoms with Crippen LogP contribution < -0.4 is 16.0 Å². The second kappa shape index (κ2) is 18.0. The molecule has 0 bridgehead atoms. The van der Waals surface area contributed by atoms with Gasteiger partial charge >= 0.3 is 12.4 Å². The molecule has 8 rings (SSSR count). The van der Waals surface area contributed by atoms with E-state index in [0.29, 0.717) is 47.6 Å². The van der Waals surface area contributed by atoms with E-state index in [1.54, 1.807) is 36.1 Å². The van der Waals surface area contributed by atoms with Crippen molar-refractivity contribution < 1.29 is 49.8 Å². The summed E-state index contributed by atoms with van der Waals surface area (Å²) in [6.45, 7) is 1.99. The summed E-state index contributed by atoms with van der Waals surface area (Å²) in [6, 6.07) is 13.4. The zero-order valence-electron chi connectivity index (χ0n) is 34.7. The molecule has 3 aromatic carbocycles. The van der Waals surface area contributed by atoms with E-state index in [4.69, 9.17) is 9.47 Å². The number of halogens is 7. The van der Waals surface area contributed by atoms with Gasteiger partial charge in [0.1, 0.15) is 5.82 Å². The number of carbonyl (C=O) groups excluding carboxylic acids is 2. The number of alkyl halides is 6. The van der Waals surface area contributed by atoms with Gasteiger partial charge < -0.3 is 29.2 Å². The maximum atomic E-state index is 15.1. The van der Waals surface area contributed by atoms with Crippen LogP contribution in [0.4, 0.5) is 36.4 Å². The molecule has 0 spiro atoms. The molecule has 2 saturated heterocycles. The van der Waals surface area contributed by atoms with Gasteiger partial charge in [-0.1, -0.05) is 24.3 Å². The van der Waals surface area contributed by atoms with Gasteiger partial charge in [0.05, 0.1) is 54.6 Å². The highest BCUT2D eigenvalue weighted by molar-refractivity contribution is 5.95. The Labute approximate surface area is 361 Å². The minimum atomic E-state index is -4.88. The number of hydrogen-bond acceptors (Lipinski definition) is 8. The highest BCUT2D eigenvalue weighted by Crippen LogP contribution is 2.41. The van der Waals surface area contributed by atoms with E-state index in [0.717, 1.165) is 18.9 Å². The average molecular weight is 899 g/mol. The summed E-state index contributed by atoms with van der Waals surface area (Å²) in [5, 5.41) is 5.10. The maximum Gasteiger partial charge on any atom is 0.417 e. The summed E-state index contributed by atoms with van der Waals surface area (Å²) in [4.78, 5) is 58.4. The van der Waals surface area contributed by atoms with Crippen molar-refractivity contribution in [2.75, 3.05) is 50.9 Å². The summed E-state index contributed by atoms with van der Waals surface area (Å²) in [6.07, 6.45) is -9.83. The second-order valence-corrected chi connectivity index (χ2v) is 16.5. The normalized spacial score (nSPS) is 18.9. The number of hydrogen-bond donors (Lipinski definition) is 1. The highest BCUT2D eigenvalue weighted by atomic mass is 19.4. The maximum absolute atomic E-state index is 15.1. The van der Waals surface area contributed by atoms with Gasteiger partial charge in [-0.2, -0.15) is 31.4 Å². The van der Waals surface area contributed by atoms with Gasteiger partial charge in [0.25, 0.3) is 11.5 Å². The van der Waals surface area contributed by atoms with Gasteiger partial charge in [-0.05, 0) is 74.6 Å². The van der Waals surface area contributed by atoms with E-state index in [1.165, 1.54) is 44.8 Å². The Morgan fingerprint density at radius 1 is 0.828 bits per heavy atom. The number of amides is 2. The van der Waals surface area contributed by atoms with Crippen molar-refractivity contribution in [2.45, 2.75) is 76.1 Å². The third kappa shape index (κ3) is 9.50. The lowest BCUT2D eigenvalue weighted by molar-refractivity contribution is -0.228. The number of H-pyrrole nitrogens is 1. The molecule has 1 unspecified atom stereocenters. The van der Waals surface area contributed by atoms with Crippen LogP contribution in [0, 0.1) is 11.7 Å². The van der Waals surface area contributed by atoms with Crippen molar-refractivity contribution in [1.82, 2.24) is 24.6 Å². The van der Waals surface area contributed by atoms with Crippen LogP contribution in [0.1, 0.15) is 59.8 Å². The van der Waals surface area contributed by atoms with Crippen LogP contribution >= 0.6 is 0 Å². The van der Waals surface area contributed by atoms with Crippen LogP contribution in [0.25, 0.3) is 21.7 Å². The number of ether oxygens (including phenoxy) is 2. The zero-order chi connectivity index (χ0) is 45.5. The molecule has 5 aromatic rings. The third-order valence-corrected chi connectivity index (χ3v) is 12.2. The summed E-state index contributed by atoms with van der Waals surface area (Å²) < 4.78 is 113. The van der Waals surface area contributed by atoms with Crippen LogP contribution in [0.5, 0.6) is 0 Å². The largest absolute Gasteiger partial charge is 0.417 e. The SMILES string of the molecule is C[C@H]1CC[C@H](C(OCCOCCn2nc(Cc3ccc(F)c(C(=O)N4CCN(C(=O)C5CC5)CC4)c3)c3ccccc3c2=O)C(F)(F)F)N1c1ccc2[nH]c(=O)cc(C(F)(F)F)c2c1. The Morgan fingerprint density at radius 2 is 1.55 bits per heavy atom. The van der Waals surface area contributed by atoms with Gasteiger partial charge in [-0.25, -0.2) is 9.07 Å². The van der Waals surface area contributed by atoms with Crippen LogP contribution in [-0.4, -0.2) is 107 Å². The van der Waals surface area contributed by atoms with Crippen molar-refractivity contribution in [3.63, 3.8) is 0 Å². The monoisotopic (exact) mass is 898 g/mol. The Balaban J connectivity index is 0.914. The Kier molecular flexibility index (Phi) is 12.6. The van der Waals surface area contributed by atoms with Gasteiger partial charge in [-0.3, -0.25) is 19.2 Å². The fraction of sp³-hybridized carbons (Fsp3) is 0.444. The molecule has 3 aliphatic rings. The predicted molar refractivity (Wildman–Crippen MR) is 222 cm³/mol. The lowest BCUT2D eigenvalue weighted by Crippen LogP contribution is -2.51. The lowest BCUT2D eigenvalue weighted by Gasteiger charge is -2.36. The van der Waals surface area contributed by atoms with Crippen LogP contribution in [0.3, 0.4) is 0 Å². The van der Waals surface area contributed by atoms with Gasteiger partial charge in [0.2, 0.25) is 11.5 Å². The molecule has 4 heterocycles. The molecule has 0 radical (unpaired) electrons. The molecule has 2 aliphatic heterocycles. The molecule has 64 heavy (non-hydrogen) atoms. The zero-order valence-corrected chi connectivity index (χ0v) is 34.7. The molecule has 1 aliphatic carbocycles. The van der Waals surface area contributed by atoms with E-state index in [1.807, 2.05) is 0 Å². The molecule has 3 fully saturated rings. The standard InChI is InChI=1S/C45H45F7N6O6/c1-26-6-13-38(58(26)29-10-12-36-32(24-29)34(44(47,48)49)25-39(59)53-36)40(45(50,51)52)64-21-20-63-19-18-57-43(62)31-5-3-2-4-30(31)37(54-57)23-27-7-11-35(46)33(22-27)42(61)56-16-14-55(15-17-56)41(60)28-8-9-28/h2-5,7,10-12,22,24-26,28,38,40H,6,8-9,13-21,23H2,1H3,(H,53,59)/t26-,38+,40?/m0/s1. The molecule has 19 heteroatoms. The number of pyridine rings is 1. The average Bonchev–Trinajstić information content (AvgIpc) is 4.05. The summed E-state index contributed by atoms with van der Waals surface area (Å²) in [7, 11) is 0. The topological polar surface area (TPSA) is 130 Å². The van der Waals surface area contributed by atoms with Crippen molar-refractivity contribution in [3.05, 3.63) is 116 Å². The molecule has 3 atom stereocenters. The summed E-state index contributed by atoms with van der Waals surface area (Å²) >= 11 is 0. The number of nitrogens with one attached hydrogen (secondary N) is 1. The number of benzene rings is 3. The second-order valence-electron chi connectivity index (χ2n) is 16.5. The third-order valence-electron chi connectivity index (χ3n) is 12.2. The first-order chi connectivity index (χ1) is 30.5. The quantitative estimate of drug-likeness (QED) is 0.102. The first kappa shape index (κ1) is 44.8. The van der Waals surface area contributed by atoms with Crippen LogP contribution in [-0.2, 0) is 33.4 Å². The van der Waals surface area contributed by atoms with Crippen LogP contribution in [0.2, 0.25) is 0 Å². The highest BCUT2D eigenvalue weighted by Gasteiger charge is 2.51. The lowest BCUT2D eigenvalue weighted by atomic mass is 10.0. The molecule has 1 saturated carbocycles. The van der Waals surface area contributed by atoms with Gasteiger partial charge in [-0.15, -0.1) is 0 Å². The van der Waals surface area contributed by atoms with E-state index in [2.05, 4.69) is 10.1 Å². The number of carbonyl (C=O) groups is 2. The summed E-state index contributed by atoms with van der Waals surface area (Å²) in [5.74, 6) is -1.03. The minimum Gasteiger partial charge on any atom is -0.377 e. The molecule has 12 nitrogen and oxygen atoms in total. The Morgan fingerprint density at radius 3 is 2.25 bits per heavy atom. The van der Waals surface area contributed by atoms with Gasteiger partial charge in [0.15, 0.2) is 6.10 Å². The molecule has 2 amide bonds. The first-order valence-corrected chi connectivity index (χ1v) is 21.1. The van der Waals surface area contributed by atoms with Crippen molar-refractivity contribution in [1.29, 1.82) is 0 Å². The summed E-state index contributed by atoms with van der Waals surface area (Å²) in [5.41, 5.74) is -1.71. The number of aromatic amines is 1. The fourth-order valence-electron chi connectivity index (χ4n) is 8.82. The molecule has 1 N–H and O–H groups in total. The minimum absolute atomic E-state index is 0.0389. The Hall–Kier alpha value is -5.82. The number of piperazine rings is 1. The number of aromatic nitrogens is 3. The van der Waals surface area contributed by atoms with E-state index in [9.17, 15) is 45.5 Å². The Bertz CT molecular complexity index is 2670. The number of anilines is 1. The number of fused-ring (bicyclic) bond motifs is 2. The van der Waals surface area contributed by atoms with Crippen LogP contribution in [0.15, 0.2) is 76.3 Å². The number of nitrogens with zero attached hydrogens (tertiary/aromatic N) is 5. The molecule has 2 aromatic heterocycles. The number of rotatable bonds is 13. The smallest absolute Gasteiger partial charge is 0.377 e. The van der Waals surface area contributed by atoms with Crippen molar-refractivity contribution in [3.8, 4) is 0 Å². The van der Waals surface area contributed by atoms with E-state index >= 15 is 4.39 Å². The molecular weight excluding hydrogens is 854 g/mol. The predicted octanol–water partition coefficient (Wildman–Crippen LogP) is 6.70. The van der Waals surface area contributed by atoms with Gasteiger partial charge in [0, 0.05) is 72.6 Å². The van der Waals surface area contributed by atoms with E-state index in [-0.39, 0.29) is 79.7 Å². The molecular formula is C45H45F7N6O6. The van der Waals surface area contributed by atoms with Crippen molar-refractivity contribution in [2.24, 2.45) is 5.92 Å². The molecule has 340 valence electrons. The van der Waals surface area contributed by atoms with Crippen molar-refractivity contribution >= 4 is 39.2 Å².